The van der Waals surface area contributed by atoms with Gasteiger partial charge in [-0.05, 0) is 31.0 Å². The summed E-state index contributed by atoms with van der Waals surface area (Å²) in [7, 11) is 1.47. The Morgan fingerprint density at radius 2 is 2.05 bits per heavy atom. The molecule has 1 aliphatic rings. The van der Waals surface area contributed by atoms with Crippen LogP contribution in [-0.2, 0) is 4.79 Å². The third kappa shape index (κ3) is 3.97. The number of methoxy groups -OCH3 is 1. The molecule has 2 rings (SSSR count). The van der Waals surface area contributed by atoms with Crippen molar-refractivity contribution >= 4 is 5.91 Å². The van der Waals surface area contributed by atoms with Crippen LogP contribution < -0.4 is 4.74 Å². The second-order valence-corrected chi connectivity index (χ2v) is 5.57. The van der Waals surface area contributed by atoms with E-state index in [2.05, 4.69) is 6.07 Å². The van der Waals surface area contributed by atoms with Crippen molar-refractivity contribution in [3.63, 3.8) is 0 Å². The van der Waals surface area contributed by atoms with Gasteiger partial charge in [0.05, 0.1) is 19.1 Å². The lowest BCUT2D eigenvalue weighted by Gasteiger charge is -2.22. The van der Waals surface area contributed by atoms with Gasteiger partial charge in [0.25, 0.3) is 0 Å². The second-order valence-electron chi connectivity index (χ2n) is 5.57. The lowest BCUT2D eigenvalue weighted by Crippen LogP contribution is -2.32. The maximum atomic E-state index is 13.5. The van der Waals surface area contributed by atoms with Crippen LogP contribution in [0.4, 0.5) is 4.39 Å². The van der Waals surface area contributed by atoms with E-state index < -0.39 is 11.7 Å². The predicted molar refractivity (Wildman–Crippen MR) is 81.0 cm³/mol. The lowest BCUT2D eigenvalue weighted by atomic mass is 9.95. The Labute approximate surface area is 130 Å². The molecule has 0 spiro atoms. The summed E-state index contributed by atoms with van der Waals surface area (Å²) >= 11 is 0. The molecule has 0 N–H and O–H groups in total. The number of carbonyl (C=O) groups is 1. The molecule has 1 unspecified atom stereocenters. The van der Waals surface area contributed by atoms with Gasteiger partial charge < -0.3 is 9.64 Å². The van der Waals surface area contributed by atoms with E-state index in [-0.39, 0.29) is 12.3 Å². The molecule has 1 aliphatic heterocycles. The van der Waals surface area contributed by atoms with E-state index in [9.17, 15) is 14.4 Å². The van der Waals surface area contributed by atoms with E-state index in [1.807, 2.05) is 4.90 Å². The van der Waals surface area contributed by atoms with Crippen molar-refractivity contribution in [2.24, 2.45) is 0 Å². The quantitative estimate of drug-likeness (QED) is 0.858. The number of ether oxygens (including phenoxy) is 1. The van der Waals surface area contributed by atoms with Crippen molar-refractivity contribution in [2.75, 3.05) is 20.2 Å². The Morgan fingerprint density at radius 1 is 1.36 bits per heavy atom. The number of rotatable bonds is 4. The molecule has 1 saturated heterocycles. The van der Waals surface area contributed by atoms with E-state index in [0.717, 1.165) is 38.8 Å². The fraction of sp³-hybridized carbons (Fsp3) is 0.529. The fourth-order valence-electron chi connectivity index (χ4n) is 2.83. The summed E-state index contributed by atoms with van der Waals surface area (Å²) in [5, 5.41) is 9.39. The molecule has 1 atom stereocenters. The van der Waals surface area contributed by atoms with Gasteiger partial charge in [-0.3, -0.25) is 4.79 Å². The van der Waals surface area contributed by atoms with Gasteiger partial charge in [0.1, 0.15) is 11.6 Å². The minimum atomic E-state index is -0.693. The average Bonchev–Trinajstić information content (AvgIpc) is 2.81. The highest BCUT2D eigenvalue weighted by atomic mass is 19.1. The van der Waals surface area contributed by atoms with Gasteiger partial charge in [0.2, 0.25) is 5.91 Å². The fourth-order valence-corrected chi connectivity index (χ4v) is 2.83. The first-order valence-corrected chi connectivity index (χ1v) is 7.66. The Kier molecular flexibility index (Phi) is 5.76. The molecule has 1 heterocycles. The van der Waals surface area contributed by atoms with Crippen molar-refractivity contribution in [2.45, 2.75) is 38.0 Å². The van der Waals surface area contributed by atoms with Crippen molar-refractivity contribution in [3.05, 3.63) is 29.6 Å². The van der Waals surface area contributed by atoms with Gasteiger partial charge in [0, 0.05) is 25.1 Å². The summed E-state index contributed by atoms with van der Waals surface area (Å²) in [5.41, 5.74) is 0.438. The maximum absolute atomic E-state index is 13.5. The van der Waals surface area contributed by atoms with Crippen molar-refractivity contribution in [3.8, 4) is 11.8 Å². The van der Waals surface area contributed by atoms with Crippen molar-refractivity contribution in [1.82, 2.24) is 4.90 Å². The monoisotopic (exact) mass is 304 g/mol. The SMILES string of the molecule is COc1ccc(F)cc1C(C#N)CC(=O)N1CCCCCC1. The zero-order valence-electron chi connectivity index (χ0n) is 12.8. The first kappa shape index (κ1) is 16.3. The molecule has 0 aromatic heterocycles. The number of hydrogen-bond donors (Lipinski definition) is 0. The van der Waals surface area contributed by atoms with Gasteiger partial charge >= 0.3 is 0 Å². The zero-order chi connectivity index (χ0) is 15.9. The number of hydrogen-bond acceptors (Lipinski definition) is 3. The molecule has 1 fully saturated rings. The number of halogens is 1. The maximum Gasteiger partial charge on any atom is 0.224 e. The normalized spacial score (nSPS) is 16.5. The van der Waals surface area contributed by atoms with Crippen molar-refractivity contribution < 1.29 is 13.9 Å². The minimum Gasteiger partial charge on any atom is -0.496 e. The molecule has 1 amide bonds. The zero-order valence-corrected chi connectivity index (χ0v) is 12.8. The standard InChI is InChI=1S/C17H21FN2O2/c1-22-16-7-6-14(18)11-15(16)13(12-19)10-17(21)20-8-4-2-3-5-9-20/h6-7,11,13H,2-5,8-10H2,1H3. The summed E-state index contributed by atoms with van der Waals surface area (Å²) in [6.07, 6.45) is 4.36. The average molecular weight is 304 g/mol. The Morgan fingerprint density at radius 3 is 2.64 bits per heavy atom. The lowest BCUT2D eigenvalue weighted by molar-refractivity contribution is -0.131. The topological polar surface area (TPSA) is 53.3 Å². The molecule has 0 saturated carbocycles. The van der Waals surface area contributed by atoms with Crippen LogP contribution in [0.2, 0.25) is 0 Å². The summed E-state index contributed by atoms with van der Waals surface area (Å²) in [6, 6.07) is 6.17. The Bertz CT molecular complexity index is 560. The number of likely N-dealkylation sites (tertiary alicyclic amines) is 1. The molecule has 4 nitrogen and oxygen atoms in total. The molecular formula is C17H21FN2O2. The number of carbonyl (C=O) groups excluding carboxylic acids is 1. The van der Waals surface area contributed by atoms with Gasteiger partial charge in [0.15, 0.2) is 0 Å². The van der Waals surface area contributed by atoms with Crippen LogP contribution >= 0.6 is 0 Å². The van der Waals surface area contributed by atoms with Crippen LogP contribution in [0.3, 0.4) is 0 Å². The van der Waals surface area contributed by atoms with Crippen LogP contribution in [0.1, 0.15) is 43.6 Å². The van der Waals surface area contributed by atoms with Crippen LogP contribution in [0, 0.1) is 17.1 Å². The second kappa shape index (κ2) is 7.79. The van der Waals surface area contributed by atoms with E-state index in [1.165, 1.54) is 25.3 Å². The number of amides is 1. The first-order valence-electron chi connectivity index (χ1n) is 7.66. The van der Waals surface area contributed by atoms with Crippen LogP contribution in [0.15, 0.2) is 18.2 Å². The Balaban J connectivity index is 2.13. The Hall–Kier alpha value is -2.09. The third-order valence-electron chi connectivity index (χ3n) is 4.06. The van der Waals surface area contributed by atoms with Gasteiger partial charge in [-0.25, -0.2) is 4.39 Å². The summed E-state index contributed by atoms with van der Waals surface area (Å²) < 4.78 is 18.7. The number of benzene rings is 1. The van der Waals surface area contributed by atoms with Crippen LogP contribution in [-0.4, -0.2) is 31.0 Å². The van der Waals surface area contributed by atoms with Gasteiger partial charge in [-0.1, -0.05) is 12.8 Å². The summed E-state index contributed by atoms with van der Waals surface area (Å²) in [4.78, 5) is 14.2. The summed E-state index contributed by atoms with van der Waals surface area (Å²) in [6.45, 7) is 1.49. The van der Waals surface area contributed by atoms with E-state index in [1.54, 1.807) is 0 Å². The third-order valence-corrected chi connectivity index (χ3v) is 4.06. The highest BCUT2D eigenvalue weighted by Crippen LogP contribution is 2.30. The first-order chi connectivity index (χ1) is 10.7. The van der Waals surface area contributed by atoms with Crippen molar-refractivity contribution in [1.29, 1.82) is 5.26 Å². The summed E-state index contributed by atoms with van der Waals surface area (Å²) in [5.74, 6) is -0.726. The van der Waals surface area contributed by atoms with E-state index in [4.69, 9.17) is 4.74 Å². The number of nitrogens with zero attached hydrogens (tertiary/aromatic N) is 2. The molecule has 5 heteroatoms. The molecule has 0 aliphatic carbocycles. The highest BCUT2D eigenvalue weighted by Gasteiger charge is 2.23. The van der Waals surface area contributed by atoms with E-state index in [0.29, 0.717) is 11.3 Å². The molecule has 118 valence electrons. The predicted octanol–water partition coefficient (Wildman–Crippen LogP) is 3.23. The molecular weight excluding hydrogens is 283 g/mol. The van der Waals surface area contributed by atoms with Gasteiger partial charge in [-0.15, -0.1) is 0 Å². The van der Waals surface area contributed by atoms with Crippen LogP contribution in [0.25, 0.3) is 0 Å². The molecule has 0 radical (unpaired) electrons. The van der Waals surface area contributed by atoms with Crippen LogP contribution in [0.5, 0.6) is 5.75 Å². The highest BCUT2D eigenvalue weighted by molar-refractivity contribution is 5.77. The van der Waals surface area contributed by atoms with E-state index >= 15 is 0 Å². The number of nitriles is 1. The molecule has 1 aromatic rings. The molecule has 1 aromatic carbocycles. The minimum absolute atomic E-state index is 0.0419. The van der Waals surface area contributed by atoms with Gasteiger partial charge in [-0.2, -0.15) is 5.26 Å². The molecule has 22 heavy (non-hydrogen) atoms. The molecule has 0 bridgehead atoms. The smallest absolute Gasteiger partial charge is 0.224 e. The largest absolute Gasteiger partial charge is 0.496 e.